The summed E-state index contributed by atoms with van der Waals surface area (Å²) in [6.45, 7) is 3.01. The second-order valence-electron chi connectivity index (χ2n) is 5.25. The minimum atomic E-state index is -1.26. The number of hydrogen-bond donors (Lipinski definition) is 4. The Morgan fingerprint density at radius 1 is 1.43 bits per heavy atom. The van der Waals surface area contributed by atoms with Crippen LogP contribution < -0.4 is 10.6 Å². The van der Waals surface area contributed by atoms with Crippen molar-refractivity contribution in [3.05, 3.63) is 23.8 Å². The number of ether oxygens (including phenoxy) is 1. The molecule has 7 heteroatoms. The SMILES string of the molecule is CC1(CNC(=O)Nc2ccc(O)c(C(=O)O)c2)CCCO1. The van der Waals surface area contributed by atoms with E-state index in [1.165, 1.54) is 18.2 Å². The number of amides is 2. The number of carbonyl (C=O) groups is 2. The maximum absolute atomic E-state index is 11.8. The molecule has 2 amide bonds. The van der Waals surface area contributed by atoms with Gasteiger partial charge in [-0.1, -0.05) is 0 Å². The molecule has 1 atom stereocenters. The van der Waals surface area contributed by atoms with Crippen LogP contribution in [0.1, 0.15) is 30.1 Å². The molecule has 7 nitrogen and oxygen atoms in total. The van der Waals surface area contributed by atoms with Gasteiger partial charge in [0.05, 0.1) is 5.60 Å². The van der Waals surface area contributed by atoms with Crippen LogP contribution in [0.15, 0.2) is 18.2 Å². The van der Waals surface area contributed by atoms with Crippen molar-refractivity contribution in [1.82, 2.24) is 5.32 Å². The van der Waals surface area contributed by atoms with Gasteiger partial charge in [-0.05, 0) is 38.0 Å². The molecule has 1 unspecified atom stereocenters. The summed E-state index contributed by atoms with van der Waals surface area (Å²) in [6.07, 6.45) is 1.86. The molecule has 21 heavy (non-hydrogen) atoms. The van der Waals surface area contributed by atoms with Crippen molar-refractivity contribution < 1.29 is 24.5 Å². The van der Waals surface area contributed by atoms with Crippen LogP contribution in [0, 0.1) is 0 Å². The summed E-state index contributed by atoms with van der Waals surface area (Å²) in [7, 11) is 0. The summed E-state index contributed by atoms with van der Waals surface area (Å²) in [5.74, 6) is -1.61. The third-order valence-corrected chi connectivity index (χ3v) is 3.41. The fraction of sp³-hybridized carbons (Fsp3) is 0.429. The topological polar surface area (TPSA) is 108 Å². The molecule has 2 rings (SSSR count). The molecular formula is C14H18N2O5. The fourth-order valence-corrected chi connectivity index (χ4v) is 2.20. The van der Waals surface area contributed by atoms with Gasteiger partial charge in [-0.2, -0.15) is 0 Å². The van der Waals surface area contributed by atoms with Crippen molar-refractivity contribution in [3.63, 3.8) is 0 Å². The second-order valence-corrected chi connectivity index (χ2v) is 5.25. The number of aromatic hydroxyl groups is 1. The van der Waals surface area contributed by atoms with E-state index in [0.29, 0.717) is 18.8 Å². The molecule has 0 bridgehead atoms. The van der Waals surface area contributed by atoms with E-state index in [2.05, 4.69) is 10.6 Å². The number of carboxylic acid groups (broad SMARTS) is 1. The number of carboxylic acids is 1. The van der Waals surface area contributed by atoms with Gasteiger partial charge < -0.3 is 25.6 Å². The van der Waals surface area contributed by atoms with Gasteiger partial charge in [-0.25, -0.2) is 9.59 Å². The number of benzene rings is 1. The Kier molecular flexibility index (Phi) is 4.32. The van der Waals surface area contributed by atoms with Crippen molar-refractivity contribution in [2.75, 3.05) is 18.5 Å². The van der Waals surface area contributed by atoms with Crippen LogP contribution in [0.25, 0.3) is 0 Å². The zero-order valence-electron chi connectivity index (χ0n) is 11.7. The maximum atomic E-state index is 11.8. The maximum Gasteiger partial charge on any atom is 0.339 e. The van der Waals surface area contributed by atoms with E-state index in [0.717, 1.165) is 12.8 Å². The van der Waals surface area contributed by atoms with Gasteiger partial charge in [0.2, 0.25) is 0 Å². The Hall–Kier alpha value is -2.28. The van der Waals surface area contributed by atoms with E-state index >= 15 is 0 Å². The number of urea groups is 1. The number of rotatable bonds is 4. The van der Waals surface area contributed by atoms with Crippen LogP contribution in [0.4, 0.5) is 10.5 Å². The molecule has 0 aliphatic carbocycles. The monoisotopic (exact) mass is 294 g/mol. The standard InChI is InChI=1S/C14H18N2O5/c1-14(5-2-6-21-14)8-15-13(20)16-9-3-4-11(17)10(7-9)12(18)19/h3-4,7,17H,2,5-6,8H2,1H3,(H,18,19)(H2,15,16,20). The Labute approximate surface area is 121 Å². The van der Waals surface area contributed by atoms with E-state index < -0.39 is 12.0 Å². The Morgan fingerprint density at radius 2 is 2.19 bits per heavy atom. The zero-order chi connectivity index (χ0) is 15.5. The van der Waals surface area contributed by atoms with Gasteiger partial charge in [0.1, 0.15) is 11.3 Å². The number of carbonyl (C=O) groups excluding carboxylic acids is 1. The van der Waals surface area contributed by atoms with Crippen LogP contribution in [0.5, 0.6) is 5.75 Å². The van der Waals surface area contributed by atoms with Crippen molar-refractivity contribution in [3.8, 4) is 5.75 Å². The van der Waals surface area contributed by atoms with Crippen molar-refractivity contribution >= 4 is 17.7 Å². The number of phenols is 1. The number of anilines is 1. The Bertz CT molecular complexity index is 552. The van der Waals surface area contributed by atoms with Crippen molar-refractivity contribution in [2.45, 2.75) is 25.4 Å². The summed E-state index contributed by atoms with van der Waals surface area (Å²) in [5.41, 5.74) is -0.322. The quantitative estimate of drug-likeness (QED) is 0.633. The second kappa shape index (κ2) is 6.01. The molecule has 0 saturated carbocycles. The van der Waals surface area contributed by atoms with Crippen LogP contribution in [-0.4, -0.2) is 41.0 Å². The first-order chi connectivity index (χ1) is 9.89. The summed E-state index contributed by atoms with van der Waals surface area (Å²) in [4.78, 5) is 22.7. The lowest BCUT2D eigenvalue weighted by molar-refractivity contribution is 0.0232. The molecule has 4 N–H and O–H groups in total. The van der Waals surface area contributed by atoms with Gasteiger partial charge in [0, 0.05) is 18.8 Å². The lowest BCUT2D eigenvalue weighted by Gasteiger charge is -2.23. The first kappa shape index (κ1) is 15.1. The Balaban J connectivity index is 1.93. The molecule has 0 spiro atoms. The molecule has 1 aliphatic heterocycles. The third-order valence-electron chi connectivity index (χ3n) is 3.41. The summed E-state index contributed by atoms with van der Waals surface area (Å²) < 4.78 is 5.55. The highest BCUT2D eigenvalue weighted by Crippen LogP contribution is 2.24. The number of aromatic carboxylic acids is 1. The molecule has 1 saturated heterocycles. The minimum Gasteiger partial charge on any atom is -0.507 e. The van der Waals surface area contributed by atoms with Gasteiger partial charge in [-0.15, -0.1) is 0 Å². The number of nitrogens with one attached hydrogen (secondary N) is 2. The van der Waals surface area contributed by atoms with Crippen LogP contribution in [0.3, 0.4) is 0 Å². The fourth-order valence-electron chi connectivity index (χ4n) is 2.20. The smallest absolute Gasteiger partial charge is 0.339 e. The molecule has 1 aromatic carbocycles. The predicted molar refractivity (Wildman–Crippen MR) is 75.7 cm³/mol. The lowest BCUT2D eigenvalue weighted by atomic mass is 10.0. The highest BCUT2D eigenvalue weighted by Gasteiger charge is 2.30. The minimum absolute atomic E-state index is 0.265. The summed E-state index contributed by atoms with van der Waals surface area (Å²) in [6, 6.07) is 3.40. The summed E-state index contributed by atoms with van der Waals surface area (Å²) in [5, 5.41) is 23.5. The van der Waals surface area contributed by atoms with E-state index in [9.17, 15) is 14.7 Å². The number of hydrogen-bond acceptors (Lipinski definition) is 4. The van der Waals surface area contributed by atoms with Gasteiger partial charge in [-0.3, -0.25) is 0 Å². The molecule has 0 aromatic heterocycles. The van der Waals surface area contributed by atoms with E-state index in [1.807, 2.05) is 6.92 Å². The van der Waals surface area contributed by atoms with Crippen LogP contribution in [0.2, 0.25) is 0 Å². The van der Waals surface area contributed by atoms with Gasteiger partial charge >= 0.3 is 12.0 Å². The van der Waals surface area contributed by atoms with Gasteiger partial charge in [0.25, 0.3) is 0 Å². The lowest BCUT2D eigenvalue weighted by Crippen LogP contribution is -2.41. The molecule has 114 valence electrons. The van der Waals surface area contributed by atoms with Crippen LogP contribution >= 0.6 is 0 Å². The third kappa shape index (κ3) is 3.85. The Morgan fingerprint density at radius 3 is 2.81 bits per heavy atom. The summed E-state index contributed by atoms with van der Waals surface area (Å²) >= 11 is 0. The van der Waals surface area contributed by atoms with E-state index in [-0.39, 0.29) is 16.9 Å². The first-order valence-electron chi connectivity index (χ1n) is 6.65. The highest BCUT2D eigenvalue weighted by atomic mass is 16.5. The molecule has 1 aromatic rings. The zero-order valence-corrected chi connectivity index (χ0v) is 11.7. The first-order valence-corrected chi connectivity index (χ1v) is 6.65. The van der Waals surface area contributed by atoms with E-state index in [1.54, 1.807) is 0 Å². The van der Waals surface area contributed by atoms with Crippen LogP contribution in [-0.2, 0) is 4.74 Å². The normalized spacial score (nSPS) is 21.0. The predicted octanol–water partition coefficient (Wildman–Crippen LogP) is 1.78. The average molecular weight is 294 g/mol. The molecule has 1 heterocycles. The molecule has 1 aliphatic rings. The highest BCUT2D eigenvalue weighted by molar-refractivity contribution is 5.95. The molecule has 1 fully saturated rings. The van der Waals surface area contributed by atoms with Crippen molar-refractivity contribution in [1.29, 1.82) is 0 Å². The van der Waals surface area contributed by atoms with E-state index in [4.69, 9.17) is 9.84 Å². The van der Waals surface area contributed by atoms with Crippen molar-refractivity contribution in [2.24, 2.45) is 0 Å². The van der Waals surface area contributed by atoms with Gasteiger partial charge in [0.15, 0.2) is 0 Å². The average Bonchev–Trinajstić information content (AvgIpc) is 2.86. The largest absolute Gasteiger partial charge is 0.507 e. The molecule has 0 radical (unpaired) electrons. The molecular weight excluding hydrogens is 276 g/mol.